The van der Waals surface area contributed by atoms with Crippen molar-refractivity contribution in [3.8, 4) is 0 Å². The summed E-state index contributed by atoms with van der Waals surface area (Å²) in [6.07, 6.45) is 5.01. The Balaban J connectivity index is 2.30. The SMILES string of the molecule is CC1=C[C@@H]2C(=O)[C@@](C)(O)[C@@H]1[C@@H]1[C@]2(C)C=CC(=O)[C@@]1(C)O. The Morgan fingerprint density at radius 3 is 2.30 bits per heavy atom. The number of aliphatic hydroxyl groups is 2. The summed E-state index contributed by atoms with van der Waals surface area (Å²) in [6, 6.07) is 0. The molecule has 0 aromatic carbocycles. The fourth-order valence-electron chi connectivity index (χ4n) is 4.67. The van der Waals surface area contributed by atoms with Crippen molar-refractivity contribution in [1.82, 2.24) is 0 Å². The Hall–Kier alpha value is -1.26. The molecule has 4 aliphatic rings. The highest BCUT2D eigenvalue weighted by atomic mass is 16.3. The summed E-state index contributed by atoms with van der Waals surface area (Å²) in [7, 11) is 0. The molecule has 4 heteroatoms. The van der Waals surface area contributed by atoms with Gasteiger partial charge in [0.25, 0.3) is 0 Å². The van der Waals surface area contributed by atoms with Gasteiger partial charge in [-0.1, -0.05) is 24.6 Å². The molecule has 20 heavy (non-hydrogen) atoms. The number of fused-ring (bicyclic) bond motifs is 1. The third-order valence-electron chi connectivity index (χ3n) is 5.68. The summed E-state index contributed by atoms with van der Waals surface area (Å²) < 4.78 is 0. The van der Waals surface area contributed by atoms with Crippen LogP contribution in [0.25, 0.3) is 0 Å². The lowest BCUT2D eigenvalue weighted by molar-refractivity contribution is -0.189. The Morgan fingerprint density at radius 1 is 1.10 bits per heavy atom. The third-order valence-corrected chi connectivity index (χ3v) is 5.68. The molecule has 4 aliphatic carbocycles. The molecule has 4 rings (SSSR count). The Labute approximate surface area is 118 Å². The minimum atomic E-state index is -1.56. The second kappa shape index (κ2) is 3.49. The number of Topliss-reactive ketones (excluding diaryl/α,β-unsaturated/α-hetero) is 1. The molecule has 0 spiro atoms. The average molecular weight is 276 g/mol. The van der Waals surface area contributed by atoms with E-state index in [1.807, 2.05) is 19.9 Å². The van der Waals surface area contributed by atoms with Crippen molar-refractivity contribution in [2.75, 3.05) is 0 Å². The van der Waals surface area contributed by atoms with Gasteiger partial charge in [-0.2, -0.15) is 0 Å². The number of hydrogen-bond acceptors (Lipinski definition) is 4. The van der Waals surface area contributed by atoms with E-state index in [-0.39, 0.29) is 11.6 Å². The molecule has 1 fully saturated rings. The van der Waals surface area contributed by atoms with Gasteiger partial charge >= 0.3 is 0 Å². The van der Waals surface area contributed by atoms with Crippen LogP contribution in [0.4, 0.5) is 0 Å². The quantitative estimate of drug-likeness (QED) is 0.648. The maximum atomic E-state index is 12.5. The Morgan fingerprint density at radius 2 is 1.70 bits per heavy atom. The van der Waals surface area contributed by atoms with Gasteiger partial charge in [0.05, 0.1) is 0 Å². The van der Waals surface area contributed by atoms with Crippen molar-refractivity contribution in [3.05, 3.63) is 23.8 Å². The van der Waals surface area contributed by atoms with E-state index >= 15 is 0 Å². The van der Waals surface area contributed by atoms with Gasteiger partial charge in [0.2, 0.25) is 0 Å². The van der Waals surface area contributed by atoms with Crippen LogP contribution in [0.3, 0.4) is 0 Å². The number of rotatable bonds is 0. The molecule has 0 radical (unpaired) electrons. The lowest BCUT2D eigenvalue weighted by atomic mass is 9.42. The lowest BCUT2D eigenvalue weighted by Gasteiger charge is -2.61. The van der Waals surface area contributed by atoms with E-state index in [4.69, 9.17) is 0 Å². The minimum absolute atomic E-state index is 0.221. The molecule has 108 valence electrons. The van der Waals surface area contributed by atoms with E-state index < -0.39 is 34.4 Å². The predicted molar refractivity (Wildman–Crippen MR) is 72.7 cm³/mol. The van der Waals surface area contributed by atoms with E-state index in [1.54, 1.807) is 6.08 Å². The van der Waals surface area contributed by atoms with Gasteiger partial charge in [-0.3, -0.25) is 9.59 Å². The maximum absolute atomic E-state index is 12.5. The zero-order valence-electron chi connectivity index (χ0n) is 12.2. The van der Waals surface area contributed by atoms with Crippen LogP contribution in [-0.4, -0.2) is 33.0 Å². The molecular formula is C16H20O4. The molecule has 0 saturated heterocycles. The first kappa shape index (κ1) is 13.7. The van der Waals surface area contributed by atoms with Gasteiger partial charge in [0.1, 0.15) is 11.2 Å². The van der Waals surface area contributed by atoms with Crippen LogP contribution >= 0.6 is 0 Å². The highest BCUT2D eigenvalue weighted by Crippen LogP contribution is 2.62. The third kappa shape index (κ3) is 1.29. The van der Waals surface area contributed by atoms with Crippen molar-refractivity contribution in [3.63, 3.8) is 0 Å². The van der Waals surface area contributed by atoms with E-state index in [1.165, 1.54) is 19.9 Å². The molecule has 0 unspecified atom stereocenters. The van der Waals surface area contributed by atoms with Crippen LogP contribution < -0.4 is 0 Å². The summed E-state index contributed by atoms with van der Waals surface area (Å²) >= 11 is 0. The fourth-order valence-corrected chi connectivity index (χ4v) is 4.67. The van der Waals surface area contributed by atoms with Crippen molar-refractivity contribution < 1.29 is 19.8 Å². The molecule has 4 nitrogen and oxygen atoms in total. The Kier molecular flexibility index (Phi) is 2.39. The molecule has 0 aromatic heterocycles. The molecule has 2 bridgehead atoms. The second-order valence-electron chi connectivity index (χ2n) is 7.07. The highest BCUT2D eigenvalue weighted by molar-refractivity contribution is 6.01. The highest BCUT2D eigenvalue weighted by Gasteiger charge is 2.68. The first-order chi connectivity index (χ1) is 9.04. The normalized spacial score (nSPS) is 53.9. The van der Waals surface area contributed by atoms with Gasteiger partial charge in [-0.15, -0.1) is 0 Å². The lowest BCUT2D eigenvalue weighted by Crippen LogP contribution is -2.70. The molecular weight excluding hydrogens is 256 g/mol. The molecule has 0 aliphatic heterocycles. The number of carbonyl (C=O) groups excluding carboxylic acids is 2. The number of carbonyl (C=O) groups is 2. The summed E-state index contributed by atoms with van der Waals surface area (Å²) in [4.78, 5) is 24.6. The largest absolute Gasteiger partial charge is 0.382 e. The average Bonchev–Trinajstić information content (AvgIpc) is 2.33. The smallest absolute Gasteiger partial charge is 0.186 e. The monoisotopic (exact) mass is 276 g/mol. The van der Waals surface area contributed by atoms with Gasteiger partial charge in [0.15, 0.2) is 11.6 Å². The van der Waals surface area contributed by atoms with E-state index in [9.17, 15) is 19.8 Å². The van der Waals surface area contributed by atoms with E-state index in [0.717, 1.165) is 5.57 Å². The van der Waals surface area contributed by atoms with Crippen LogP contribution in [0.5, 0.6) is 0 Å². The molecule has 0 heterocycles. The second-order valence-corrected chi connectivity index (χ2v) is 7.07. The van der Waals surface area contributed by atoms with Crippen molar-refractivity contribution in [2.45, 2.75) is 38.9 Å². The summed E-state index contributed by atoms with van der Waals surface area (Å²) in [5.74, 6) is -2.10. The van der Waals surface area contributed by atoms with Crippen molar-refractivity contribution in [1.29, 1.82) is 0 Å². The van der Waals surface area contributed by atoms with E-state index in [0.29, 0.717) is 0 Å². The standard InChI is InChI=1S/C16H20O4/c1-8-7-9-13(18)16(4,20)11(8)12-14(9,2)6-5-10(17)15(12,3)19/h5-7,9,11-12,19-20H,1-4H3/t9-,11+,12-,14-,15-,16+/m1/s1. The molecule has 6 atom stereocenters. The van der Waals surface area contributed by atoms with Gasteiger partial charge in [-0.05, 0) is 26.8 Å². The van der Waals surface area contributed by atoms with Gasteiger partial charge < -0.3 is 10.2 Å². The minimum Gasteiger partial charge on any atom is -0.382 e. The zero-order chi connectivity index (χ0) is 15.1. The molecule has 1 saturated carbocycles. The first-order valence-electron chi connectivity index (χ1n) is 6.95. The predicted octanol–water partition coefficient (Wildman–Crippen LogP) is 1.02. The molecule has 0 aromatic rings. The van der Waals surface area contributed by atoms with Crippen molar-refractivity contribution >= 4 is 11.6 Å². The fraction of sp³-hybridized carbons (Fsp3) is 0.625. The summed E-state index contributed by atoms with van der Waals surface area (Å²) in [5, 5.41) is 21.3. The molecule has 0 amide bonds. The van der Waals surface area contributed by atoms with Crippen molar-refractivity contribution in [2.24, 2.45) is 23.2 Å². The topological polar surface area (TPSA) is 74.6 Å². The zero-order valence-corrected chi connectivity index (χ0v) is 12.2. The van der Waals surface area contributed by atoms with Gasteiger partial charge in [0, 0.05) is 23.2 Å². The maximum Gasteiger partial charge on any atom is 0.186 e. The van der Waals surface area contributed by atoms with Crippen LogP contribution in [0.1, 0.15) is 27.7 Å². The number of hydrogen-bond donors (Lipinski definition) is 2. The number of allylic oxidation sites excluding steroid dienone is 2. The van der Waals surface area contributed by atoms with E-state index in [2.05, 4.69) is 0 Å². The van der Waals surface area contributed by atoms with Crippen LogP contribution in [-0.2, 0) is 9.59 Å². The molecule has 2 N–H and O–H groups in total. The summed E-state index contributed by atoms with van der Waals surface area (Å²) in [5.41, 5.74) is -2.83. The summed E-state index contributed by atoms with van der Waals surface area (Å²) in [6.45, 7) is 6.75. The van der Waals surface area contributed by atoms with Crippen LogP contribution in [0.2, 0.25) is 0 Å². The van der Waals surface area contributed by atoms with Crippen LogP contribution in [0.15, 0.2) is 23.8 Å². The van der Waals surface area contributed by atoms with Gasteiger partial charge in [-0.25, -0.2) is 0 Å². The first-order valence-corrected chi connectivity index (χ1v) is 6.95. The van der Waals surface area contributed by atoms with Crippen LogP contribution in [0, 0.1) is 23.2 Å². The number of ketones is 2. The Bertz CT molecular complexity index is 581.